The Kier molecular flexibility index (Phi) is 2.23. The minimum atomic E-state index is 0.106. The van der Waals surface area contributed by atoms with Gasteiger partial charge in [-0.05, 0) is 30.3 Å². The van der Waals surface area contributed by atoms with Gasteiger partial charge in [0.05, 0.1) is 15.9 Å². The summed E-state index contributed by atoms with van der Waals surface area (Å²) >= 11 is 1.62. The highest BCUT2D eigenvalue weighted by Gasteiger charge is 2.07. The standard InChI is InChI=1S/C13H10N2OS/c14-9-7-8(5-6-11(9)16)13-15-10-3-1-2-4-12(10)17-13/h1-7,16H,14H2. The van der Waals surface area contributed by atoms with Crippen molar-refractivity contribution in [3.05, 3.63) is 42.5 Å². The highest BCUT2D eigenvalue weighted by Crippen LogP contribution is 2.32. The number of nitrogens with zero attached hydrogens (tertiary/aromatic N) is 1. The molecule has 0 atom stereocenters. The predicted molar refractivity (Wildman–Crippen MR) is 71.1 cm³/mol. The van der Waals surface area contributed by atoms with Gasteiger partial charge in [0.2, 0.25) is 0 Å². The van der Waals surface area contributed by atoms with Gasteiger partial charge < -0.3 is 10.8 Å². The second-order valence-electron chi connectivity index (χ2n) is 3.76. The fraction of sp³-hybridized carbons (Fsp3) is 0. The number of nitrogens with two attached hydrogens (primary N) is 1. The van der Waals surface area contributed by atoms with E-state index < -0.39 is 0 Å². The monoisotopic (exact) mass is 242 g/mol. The molecular formula is C13H10N2OS. The number of aromatic hydroxyl groups is 1. The van der Waals surface area contributed by atoms with E-state index in [1.54, 1.807) is 23.5 Å². The van der Waals surface area contributed by atoms with E-state index in [0.717, 1.165) is 20.8 Å². The van der Waals surface area contributed by atoms with Crippen molar-refractivity contribution in [2.75, 3.05) is 5.73 Å². The molecule has 3 N–H and O–H groups in total. The number of hydrogen-bond acceptors (Lipinski definition) is 4. The molecule has 2 aromatic carbocycles. The van der Waals surface area contributed by atoms with Gasteiger partial charge in [0.15, 0.2) is 0 Å². The average molecular weight is 242 g/mol. The second-order valence-corrected chi connectivity index (χ2v) is 4.79. The maximum Gasteiger partial charge on any atom is 0.138 e. The van der Waals surface area contributed by atoms with Crippen LogP contribution < -0.4 is 5.73 Å². The quantitative estimate of drug-likeness (QED) is 0.508. The smallest absolute Gasteiger partial charge is 0.138 e. The van der Waals surface area contributed by atoms with Crippen LogP contribution in [0.25, 0.3) is 20.8 Å². The van der Waals surface area contributed by atoms with Crippen molar-refractivity contribution >= 4 is 27.2 Å². The van der Waals surface area contributed by atoms with E-state index in [4.69, 9.17) is 5.73 Å². The van der Waals surface area contributed by atoms with Crippen LogP contribution in [0.1, 0.15) is 0 Å². The van der Waals surface area contributed by atoms with Gasteiger partial charge >= 0.3 is 0 Å². The van der Waals surface area contributed by atoms with Gasteiger partial charge in [-0.1, -0.05) is 12.1 Å². The molecule has 0 amide bonds. The van der Waals surface area contributed by atoms with Crippen LogP contribution in [-0.4, -0.2) is 10.1 Å². The molecule has 0 saturated heterocycles. The fourth-order valence-corrected chi connectivity index (χ4v) is 2.65. The Hall–Kier alpha value is -2.07. The molecular weight excluding hydrogens is 232 g/mol. The Balaban J connectivity index is 2.17. The van der Waals surface area contributed by atoms with Gasteiger partial charge in [-0.25, -0.2) is 4.98 Å². The van der Waals surface area contributed by atoms with Gasteiger partial charge in [0, 0.05) is 5.56 Å². The molecule has 0 spiro atoms. The summed E-state index contributed by atoms with van der Waals surface area (Å²) in [6.07, 6.45) is 0. The van der Waals surface area contributed by atoms with E-state index in [9.17, 15) is 5.11 Å². The maximum atomic E-state index is 9.39. The first-order valence-electron chi connectivity index (χ1n) is 5.18. The van der Waals surface area contributed by atoms with Crippen LogP contribution in [0, 0.1) is 0 Å². The molecule has 0 fully saturated rings. The van der Waals surface area contributed by atoms with Crippen LogP contribution in [0.2, 0.25) is 0 Å². The number of benzene rings is 2. The molecule has 0 radical (unpaired) electrons. The number of phenols is 1. The van der Waals surface area contributed by atoms with Crippen molar-refractivity contribution < 1.29 is 5.11 Å². The summed E-state index contributed by atoms with van der Waals surface area (Å²) in [6.45, 7) is 0. The Morgan fingerprint density at radius 3 is 2.71 bits per heavy atom. The van der Waals surface area contributed by atoms with Crippen molar-refractivity contribution in [2.45, 2.75) is 0 Å². The summed E-state index contributed by atoms with van der Waals surface area (Å²) in [4.78, 5) is 4.54. The highest BCUT2D eigenvalue weighted by molar-refractivity contribution is 7.21. The molecule has 1 heterocycles. The lowest BCUT2D eigenvalue weighted by Crippen LogP contribution is -1.86. The molecule has 0 unspecified atom stereocenters. The molecule has 0 aliphatic heterocycles. The average Bonchev–Trinajstić information content (AvgIpc) is 2.76. The molecule has 17 heavy (non-hydrogen) atoms. The zero-order valence-electron chi connectivity index (χ0n) is 8.92. The predicted octanol–water partition coefficient (Wildman–Crippen LogP) is 3.25. The molecule has 1 aromatic heterocycles. The van der Waals surface area contributed by atoms with Crippen molar-refractivity contribution in [3.8, 4) is 16.3 Å². The Morgan fingerprint density at radius 2 is 1.94 bits per heavy atom. The van der Waals surface area contributed by atoms with Crippen LogP contribution in [0.4, 0.5) is 5.69 Å². The largest absolute Gasteiger partial charge is 0.506 e. The molecule has 0 aliphatic rings. The van der Waals surface area contributed by atoms with Gasteiger partial charge in [0.1, 0.15) is 10.8 Å². The summed E-state index contributed by atoms with van der Waals surface area (Å²) in [5.41, 5.74) is 7.97. The number of anilines is 1. The first-order chi connectivity index (χ1) is 8.24. The summed E-state index contributed by atoms with van der Waals surface area (Å²) < 4.78 is 1.15. The second kappa shape index (κ2) is 3.75. The van der Waals surface area contributed by atoms with Gasteiger partial charge in [0.25, 0.3) is 0 Å². The lowest BCUT2D eigenvalue weighted by atomic mass is 10.2. The number of phenolic OH excluding ortho intramolecular Hbond substituents is 1. The maximum absolute atomic E-state index is 9.39. The lowest BCUT2D eigenvalue weighted by molar-refractivity contribution is 0.478. The van der Waals surface area contributed by atoms with E-state index in [0.29, 0.717) is 5.69 Å². The molecule has 3 aromatic rings. The van der Waals surface area contributed by atoms with Crippen LogP contribution in [-0.2, 0) is 0 Å². The van der Waals surface area contributed by atoms with Crippen molar-refractivity contribution in [1.29, 1.82) is 0 Å². The minimum absolute atomic E-state index is 0.106. The van der Waals surface area contributed by atoms with Crippen molar-refractivity contribution in [1.82, 2.24) is 4.98 Å². The van der Waals surface area contributed by atoms with Gasteiger partial charge in [-0.3, -0.25) is 0 Å². The number of fused-ring (bicyclic) bond motifs is 1. The summed E-state index contributed by atoms with van der Waals surface area (Å²) in [6, 6.07) is 13.2. The van der Waals surface area contributed by atoms with Gasteiger partial charge in [-0.2, -0.15) is 0 Å². The summed E-state index contributed by atoms with van der Waals surface area (Å²) in [7, 11) is 0. The molecule has 0 bridgehead atoms. The molecule has 3 rings (SSSR count). The fourth-order valence-electron chi connectivity index (χ4n) is 1.68. The van der Waals surface area contributed by atoms with E-state index in [1.807, 2.05) is 30.3 Å². The van der Waals surface area contributed by atoms with Crippen LogP contribution in [0.3, 0.4) is 0 Å². The third-order valence-electron chi connectivity index (χ3n) is 2.57. The van der Waals surface area contributed by atoms with Gasteiger partial charge in [-0.15, -0.1) is 11.3 Å². The minimum Gasteiger partial charge on any atom is -0.506 e. The van der Waals surface area contributed by atoms with E-state index >= 15 is 0 Å². The van der Waals surface area contributed by atoms with Crippen LogP contribution in [0.15, 0.2) is 42.5 Å². The number of aromatic nitrogens is 1. The Bertz CT molecular complexity index is 658. The van der Waals surface area contributed by atoms with Crippen molar-refractivity contribution in [3.63, 3.8) is 0 Å². The first kappa shape index (κ1) is 10.1. The number of thiazole rings is 1. The van der Waals surface area contributed by atoms with E-state index in [2.05, 4.69) is 4.98 Å². The van der Waals surface area contributed by atoms with E-state index in [-0.39, 0.29) is 5.75 Å². The molecule has 3 nitrogen and oxygen atoms in total. The zero-order valence-corrected chi connectivity index (χ0v) is 9.74. The van der Waals surface area contributed by atoms with Crippen molar-refractivity contribution in [2.24, 2.45) is 0 Å². The Labute approximate surface area is 102 Å². The number of para-hydroxylation sites is 1. The first-order valence-corrected chi connectivity index (χ1v) is 6.00. The third kappa shape index (κ3) is 1.72. The topological polar surface area (TPSA) is 59.1 Å². The Morgan fingerprint density at radius 1 is 1.12 bits per heavy atom. The zero-order chi connectivity index (χ0) is 11.8. The number of hydrogen-bond donors (Lipinski definition) is 2. The number of nitrogen functional groups attached to an aromatic ring is 1. The highest BCUT2D eigenvalue weighted by atomic mass is 32.1. The lowest BCUT2D eigenvalue weighted by Gasteiger charge is -2.00. The molecule has 0 aliphatic carbocycles. The van der Waals surface area contributed by atoms with Crippen LogP contribution >= 0.6 is 11.3 Å². The summed E-state index contributed by atoms with van der Waals surface area (Å²) in [5, 5.41) is 10.3. The van der Waals surface area contributed by atoms with Crippen LogP contribution in [0.5, 0.6) is 5.75 Å². The molecule has 84 valence electrons. The SMILES string of the molecule is Nc1cc(-c2nc3ccccc3s2)ccc1O. The summed E-state index contributed by atoms with van der Waals surface area (Å²) in [5.74, 6) is 0.106. The molecule has 4 heteroatoms. The normalized spacial score (nSPS) is 10.8. The molecule has 0 saturated carbocycles. The third-order valence-corrected chi connectivity index (χ3v) is 3.65. The van der Waals surface area contributed by atoms with E-state index in [1.165, 1.54) is 0 Å². The number of rotatable bonds is 1.